The number of thioether (sulfide) groups is 1. The standard InChI is InChI=1S/C18H17Cl3N2O5S/c1-10-8-29-16-13(22-12(24)7-27-11-5-3-2-4-6-11)15(25)23(16)14(10)17(26)28-9-18(19,20)21/h2-6,13-14,16H,1,7-9H2,(H,22,24)/t13?,14?,16-/m0/s1. The van der Waals surface area contributed by atoms with Crippen molar-refractivity contribution in [1.82, 2.24) is 10.2 Å². The van der Waals surface area contributed by atoms with Crippen LogP contribution in [0.3, 0.4) is 0 Å². The highest BCUT2D eigenvalue weighted by Gasteiger charge is 2.56. The topological polar surface area (TPSA) is 84.9 Å². The van der Waals surface area contributed by atoms with E-state index in [2.05, 4.69) is 11.9 Å². The van der Waals surface area contributed by atoms with Crippen LogP contribution in [0.2, 0.25) is 0 Å². The largest absolute Gasteiger partial charge is 0.484 e. The highest BCUT2D eigenvalue weighted by molar-refractivity contribution is 8.00. The van der Waals surface area contributed by atoms with Gasteiger partial charge in [-0.25, -0.2) is 4.79 Å². The van der Waals surface area contributed by atoms with E-state index in [1.165, 1.54) is 16.7 Å². The van der Waals surface area contributed by atoms with E-state index in [1.807, 2.05) is 6.07 Å². The maximum atomic E-state index is 12.6. The third-order valence-electron chi connectivity index (χ3n) is 4.22. The molecule has 2 aliphatic rings. The molecule has 0 aliphatic carbocycles. The average molecular weight is 480 g/mol. The number of hydrogen-bond donors (Lipinski definition) is 1. The minimum absolute atomic E-state index is 0.230. The lowest BCUT2D eigenvalue weighted by atomic mass is 9.98. The Labute approximate surface area is 186 Å². The first-order valence-corrected chi connectivity index (χ1v) is 10.7. The van der Waals surface area contributed by atoms with E-state index < -0.39 is 45.6 Å². The number of benzene rings is 1. The summed E-state index contributed by atoms with van der Waals surface area (Å²) in [6.07, 6.45) is 0. The van der Waals surface area contributed by atoms with Gasteiger partial charge in [0, 0.05) is 5.75 Å². The first-order valence-electron chi connectivity index (χ1n) is 8.49. The molecule has 3 atom stereocenters. The number of esters is 1. The molecule has 0 spiro atoms. The van der Waals surface area contributed by atoms with E-state index in [-0.39, 0.29) is 6.61 Å². The van der Waals surface area contributed by atoms with Crippen LogP contribution in [0, 0.1) is 0 Å². The number of rotatable bonds is 6. The van der Waals surface area contributed by atoms with Crippen molar-refractivity contribution in [3.8, 4) is 5.75 Å². The lowest BCUT2D eigenvalue weighted by Gasteiger charge is -2.52. The molecule has 2 fully saturated rings. The SMILES string of the molecule is C=C1CS[C@H]2C(NC(=O)COc3ccccc3)C(=O)N2C1C(=O)OCC(Cl)(Cl)Cl. The van der Waals surface area contributed by atoms with Gasteiger partial charge in [-0.05, 0) is 17.7 Å². The van der Waals surface area contributed by atoms with Gasteiger partial charge in [-0.15, -0.1) is 11.8 Å². The number of para-hydroxylation sites is 1. The molecule has 2 saturated heterocycles. The van der Waals surface area contributed by atoms with Crippen molar-refractivity contribution in [3.05, 3.63) is 42.5 Å². The molecular formula is C18H17Cl3N2O5S. The summed E-state index contributed by atoms with van der Waals surface area (Å²) in [6.45, 7) is 3.16. The van der Waals surface area contributed by atoms with Gasteiger partial charge in [0.05, 0.1) is 0 Å². The fourth-order valence-electron chi connectivity index (χ4n) is 2.93. The number of halogens is 3. The fraction of sp³-hybridized carbons (Fsp3) is 0.389. The van der Waals surface area contributed by atoms with Gasteiger partial charge in [0.2, 0.25) is 9.70 Å². The maximum absolute atomic E-state index is 12.6. The highest BCUT2D eigenvalue weighted by atomic mass is 35.6. The van der Waals surface area contributed by atoms with Crippen molar-refractivity contribution >= 4 is 64.3 Å². The van der Waals surface area contributed by atoms with Gasteiger partial charge in [0.25, 0.3) is 5.91 Å². The number of carbonyl (C=O) groups excluding carboxylic acids is 3. The van der Waals surface area contributed by atoms with E-state index in [9.17, 15) is 14.4 Å². The fourth-order valence-corrected chi connectivity index (χ4v) is 4.40. The number of alkyl halides is 3. The zero-order valence-corrected chi connectivity index (χ0v) is 18.1. The molecular weight excluding hydrogens is 463 g/mol. The predicted octanol–water partition coefficient (Wildman–Crippen LogP) is 2.30. The second-order valence-corrected chi connectivity index (χ2v) is 10.00. The molecule has 0 bridgehead atoms. The van der Waals surface area contributed by atoms with Crippen molar-refractivity contribution in [2.24, 2.45) is 0 Å². The van der Waals surface area contributed by atoms with Crippen LogP contribution in [0.5, 0.6) is 5.75 Å². The minimum atomic E-state index is -1.76. The molecule has 1 aromatic rings. The quantitative estimate of drug-likeness (QED) is 0.292. The van der Waals surface area contributed by atoms with Crippen LogP contribution in [-0.4, -0.2) is 62.9 Å². The van der Waals surface area contributed by atoms with E-state index in [4.69, 9.17) is 44.3 Å². The molecule has 2 amide bonds. The molecule has 2 unspecified atom stereocenters. The van der Waals surface area contributed by atoms with Crippen LogP contribution in [0.25, 0.3) is 0 Å². The smallest absolute Gasteiger partial charge is 0.333 e. The van der Waals surface area contributed by atoms with Crippen LogP contribution in [0.15, 0.2) is 42.5 Å². The number of β-lactam (4-membered cyclic amide) rings is 1. The predicted molar refractivity (Wildman–Crippen MR) is 111 cm³/mol. The van der Waals surface area contributed by atoms with Gasteiger partial charge in [-0.1, -0.05) is 59.6 Å². The zero-order valence-electron chi connectivity index (χ0n) is 15.0. The summed E-state index contributed by atoms with van der Waals surface area (Å²) in [5.74, 6) is -0.601. The molecule has 2 aliphatic heterocycles. The van der Waals surface area contributed by atoms with Gasteiger partial charge in [-0.3, -0.25) is 9.59 Å². The van der Waals surface area contributed by atoms with Gasteiger partial charge in [-0.2, -0.15) is 0 Å². The monoisotopic (exact) mass is 478 g/mol. The molecule has 3 rings (SSSR count). The molecule has 0 aromatic heterocycles. The Bertz CT molecular complexity index is 817. The third kappa shape index (κ3) is 5.31. The van der Waals surface area contributed by atoms with E-state index in [1.54, 1.807) is 24.3 Å². The van der Waals surface area contributed by atoms with Gasteiger partial charge >= 0.3 is 5.97 Å². The van der Waals surface area contributed by atoms with Crippen molar-refractivity contribution < 1.29 is 23.9 Å². The summed E-state index contributed by atoms with van der Waals surface area (Å²) in [7, 11) is 0. The first-order chi connectivity index (χ1) is 13.7. The van der Waals surface area contributed by atoms with Crippen LogP contribution in [0.1, 0.15) is 0 Å². The summed E-state index contributed by atoms with van der Waals surface area (Å²) in [6, 6.07) is 7.11. The summed E-state index contributed by atoms with van der Waals surface area (Å²) in [5, 5.41) is 2.23. The van der Waals surface area contributed by atoms with Crippen LogP contribution in [-0.2, 0) is 19.1 Å². The van der Waals surface area contributed by atoms with Crippen LogP contribution >= 0.6 is 46.6 Å². The molecule has 11 heteroatoms. The Balaban J connectivity index is 1.57. The number of ether oxygens (including phenoxy) is 2. The molecule has 1 N–H and O–H groups in total. The number of nitrogens with one attached hydrogen (secondary N) is 1. The number of hydrogen-bond acceptors (Lipinski definition) is 6. The first kappa shape index (κ1) is 22.1. The molecule has 156 valence electrons. The van der Waals surface area contributed by atoms with Crippen molar-refractivity contribution in [1.29, 1.82) is 0 Å². The Morgan fingerprint density at radius 2 is 1.97 bits per heavy atom. The van der Waals surface area contributed by atoms with Crippen molar-refractivity contribution in [2.75, 3.05) is 19.0 Å². The second-order valence-electron chi connectivity index (χ2n) is 6.38. The lowest BCUT2D eigenvalue weighted by Crippen LogP contribution is -2.75. The van der Waals surface area contributed by atoms with Crippen LogP contribution in [0.4, 0.5) is 0 Å². The second kappa shape index (κ2) is 9.04. The van der Waals surface area contributed by atoms with Gasteiger partial charge in [0.1, 0.15) is 23.8 Å². The Hall–Kier alpha value is -1.61. The molecule has 1 aromatic carbocycles. The van der Waals surface area contributed by atoms with Crippen molar-refractivity contribution in [2.45, 2.75) is 21.3 Å². The molecule has 7 nitrogen and oxygen atoms in total. The number of fused-ring (bicyclic) bond motifs is 1. The summed E-state index contributed by atoms with van der Waals surface area (Å²) in [5.41, 5.74) is 0.506. The number of carbonyl (C=O) groups is 3. The molecule has 2 heterocycles. The van der Waals surface area contributed by atoms with Gasteiger partial charge in [0.15, 0.2) is 12.6 Å². The average Bonchev–Trinajstić information content (AvgIpc) is 2.68. The lowest BCUT2D eigenvalue weighted by molar-refractivity contribution is -0.163. The van der Waals surface area contributed by atoms with E-state index in [0.717, 1.165) is 0 Å². The molecule has 0 radical (unpaired) electrons. The molecule has 29 heavy (non-hydrogen) atoms. The summed E-state index contributed by atoms with van der Waals surface area (Å²) >= 11 is 18.2. The van der Waals surface area contributed by atoms with E-state index >= 15 is 0 Å². The Morgan fingerprint density at radius 3 is 2.62 bits per heavy atom. The number of nitrogens with zero attached hydrogens (tertiary/aromatic N) is 1. The summed E-state index contributed by atoms with van der Waals surface area (Å²) < 4.78 is 8.64. The van der Waals surface area contributed by atoms with Gasteiger partial charge < -0.3 is 19.7 Å². The summed E-state index contributed by atoms with van der Waals surface area (Å²) in [4.78, 5) is 38.5. The Kier molecular flexibility index (Phi) is 6.88. The van der Waals surface area contributed by atoms with Crippen LogP contribution < -0.4 is 10.1 Å². The van der Waals surface area contributed by atoms with Crippen molar-refractivity contribution in [3.63, 3.8) is 0 Å². The normalized spacial score (nSPS) is 23.7. The highest BCUT2D eigenvalue weighted by Crippen LogP contribution is 2.40. The number of amides is 2. The minimum Gasteiger partial charge on any atom is -0.484 e. The molecule has 0 saturated carbocycles. The zero-order chi connectivity index (χ0) is 21.2. The third-order valence-corrected chi connectivity index (χ3v) is 5.92. The maximum Gasteiger partial charge on any atom is 0.333 e. The Morgan fingerprint density at radius 1 is 1.28 bits per heavy atom. The van der Waals surface area contributed by atoms with E-state index in [0.29, 0.717) is 17.1 Å².